The van der Waals surface area contributed by atoms with Crippen molar-refractivity contribution in [3.63, 3.8) is 0 Å². The monoisotopic (exact) mass is 461 g/mol. The van der Waals surface area contributed by atoms with Gasteiger partial charge in [-0.05, 0) is 71.2 Å². The molecule has 0 spiro atoms. The molecule has 0 bridgehead atoms. The van der Waals surface area contributed by atoms with E-state index in [-0.39, 0.29) is 23.5 Å². The van der Waals surface area contributed by atoms with Gasteiger partial charge in [0.2, 0.25) is 5.91 Å². The van der Waals surface area contributed by atoms with Crippen LogP contribution in [0.3, 0.4) is 0 Å². The van der Waals surface area contributed by atoms with Crippen molar-refractivity contribution in [3.05, 3.63) is 36.3 Å². The van der Waals surface area contributed by atoms with E-state index in [4.69, 9.17) is 0 Å². The van der Waals surface area contributed by atoms with E-state index < -0.39 is 15.9 Å². The Kier molecular flexibility index (Phi) is 7.61. The summed E-state index contributed by atoms with van der Waals surface area (Å²) >= 11 is 0. The highest BCUT2D eigenvalue weighted by Gasteiger charge is 2.34. The number of aromatic nitrogens is 2. The third kappa shape index (κ3) is 5.15. The molecule has 0 unspecified atom stereocenters. The molecule has 32 heavy (non-hydrogen) atoms. The number of hydrogen-bond acceptors (Lipinski definition) is 5. The first-order valence-electron chi connectivity index (χ1n) is 11.4. The van der Waals surface area contributed by atoms with Crippen LogP contribution in [0.4, 0.5) is 11.4 Å². The van der Waals surface area contributed by atoms with Crippen LogP contribution in [0.1, 0.15) is 52.1 Å². The Morgan fingerprint density at radius 1 is 1.28 bits per heavy atom. The third-order valence-corrected chi connectivity index (χ3v) is 7.88. The van der Waals surface area contributed by atoms with Crippen molar-refractivity contribution in [3.8, 4) is 0 Å². The molecule has 8 nitrogen and oxygen atoms in total. The van der Waals surface area contributed by atoms with Crippen molar-refractivity contribution in [1.82, 2.24) is 13.9 Å². The first-order valence-corrected chi connectivity index (χ1v) is 12.8. The SMILES string of the molecule is CCN(CC)c1ccc(NC(=O)[C@@H]2CCCN(S(=O)(=O)c3cn(C(C)C)cn3)C2)c(C)c1. The second-order valence-corrected chi connectivity index (χ2v) is 10.5. The number of hydrogen-bond donors (Lipinski definition) is 1. The average molecular weight is 462 g/mol. The maximum atomic E-state index is 13.1. The fraction of sp³-hybridized carbons (Fsp3) is 0.565. The van der Waals surface area contributed by atoms with Gasteiger partial charge in [0.15, 0.2) is 5.03 Å². The Balaban J connectivity index is 1.70. The maximum Gasteiger partial charge on any atom is 0.262 e. The van der Waals surface area contributed by atoms with E-state index in [0.29, 0.717) is 19.4 Å². The molecule has 3 rings (SSSR count). The van der Waals surface area contributed by atoms with Gasteiger partial charge < -0.3 is 14.8 Å². The highest BCUT2D eigenvalue weighted by molar-refractivity contribution is 7.89. The van der Waals surface area contributed by atoms with Crippen LogP contribution < -0.4 is 10.2 Å². The standard InChI is InChI=1S/C23H35N5O3S/c1-6-26(7-2)20-10-11-21(18(5)13-20)25-23(29)19-9-8-12-28(14-19)32(30,31)22-15-27(16-24-22)17(3)4/h10-11,13,15-17,19H,6-9,12,14H2,1-5H3,(H,25,29)/t19-/m1/s1. The van der Waals surface area contributed by atoms with Crippen LogP contribution in [-0.2, 0) is 14.8 Å². The smallest absolute Gasteiger partial charge is 0.262 e. The van der Waals surface area contributed by atoms with Crippen LogP contribution in [0.15, 0.2) is 35.7 Å². The Hall–Kier alpha value is -2.39. The molecule has 1 saturated heterocycles. The number of piperidine rings is 1. The van der Waals surface area contributed by atoms with Crippen molar-refractivity contribution in [2.75, 3.05) is 36.4 Å². The van der Waals surface area contributed by atoms with Gasteiger partial charge in [-0.3, -0.25) is 4.79 Å². The summed E-state index contributed by atoms with van der Waals surface area (Å²) in [5.41, 5.74) is 2.88. The van der Waals surface area contributed by atoms with Crippen LogP contribution in [0, 0.1) is 12.8 Å². The van der Waals surface area contributed by atoms with Crippen molar-refractivity contribution in [2.24, 2.45) is 5.92 Å². The van der Waals surface area contributed by atoms with Crippen molar-refractivity contribution in [1.29, 1.82) is 0 Å². The molecule has 9 heteroatoms. The zero-order valence-corrected chi connectivity index (χ0v) is 20.5. The molecule has 1 aliphatic rings. The van der Waals surface area contributed by atoms with Gasteiger partial charge in [0.05, 0.1) is 12.2 Å². The van der Waals surface area contributed by atoms with Gasteiger partial charge in [0, 0.05) is 49.8 Å². The van der Waals surface area contributed by atoms with Crippen molar-refractivity contribution in [2.45, 2.75) is 58.5 Å². The molecule has 1 amide bonds. The van der Waals surface area contributed by atoms with E-state index in [0.717, 1.165) is 30.0 Å². The number of rotatable bonds is 8. The van der Waals surface area contributed by atoms with E-state index in [9.17, 15) is 13.2 Å². The number of imidazole rings is 1. The fourth-order valence-electron chi connectivity index (χ4n) is 4.05. The van der Waals surface area contributed by atoms with Gasteiger partial charge in [-0.25, -0.2) is 13.4 Å². The highest BCUT2D eigenvalue weighted by Crippen LogP contribution is 2.27. The van der Waals surface area contributed by atoms with E-state index >= 15 is 0 Å². The zero-order valence-electron chi connectivity index (χ0n) is 19.7. The number of aryl methyl sites for hydroxylation is 1. The minimum absolute atomic E-state index is 0.0371. The molecule has 1 aliphatic heterocycles. The van der Waals surface area contributed by atoms with Crippen LogP contribution in [0.5, 0.6) is 0 Å². The van der Waals surface area contributed by atoms with E-state index in [2.05, 4.69) is 35.1 Å². The Bertz CT molecular complexity index is 1040. The van der Waals surface area contributed by atoms with Gasteiger partial charge >= 0.3 is 0 Å². The molecule has 1 aromatic heterocycles. The van der Waals surface area contributed by atoms with Gasteiger partial charge in [0.1, 0.15) is 0 Å². The first-order chi connectivity index (χ1) is 15.2. The van der Waals surface area contributed by atoms with Gasteiger partial charge in [-0.1, -0.05) is 0 Å². The number of carbonyl (C=O) groups is 1. The van der Waals surface area contributed by atoms with Crippen LogP contribution in [-0.4, -0.2) is 54.4 Å². The molecular weight excluding hydrogens is 426 g/mol. The van der Waals surface area contributed by atoms with E-state index in [1.807, 2.05) is 32.9 Å². The molecule has 0 aliphatic carbocycles. The Morgan fingerprint density at radius 2 is 2.00 bits per heavy atom. The zero-order chi connectivity index (χ0) is 23.5. The summed E-state index contributed by atoms with van der Waals surface area (Å²) in [6.45, 7) is 12.6. The number of nitrogens with zero attached hydrogens (tertiary/aromatic N) is 4. The van der Waals surface area contributed by atoms with Crippen LogP contribution in [0.2, 0.25) is 0 Å². The summed E-state index contributed by atoms with van der Waals surface area (Å²) in [4.78, 5) is 19.3. The number of carbonyl (C=O) groups excluding carboxylic acids is 1. The maximum absolute atomic E-state index is 13.1. The molecule has 1 atom stereocenters. The summed E-state index contributed by atoms with van der Waals surface area (Å²) in [5.74, 6) is -0.538. The normalized spacial score (nSPS) is 17.5. The Morgan fingerprint density at radius 3 is 2.59 bits per heavy atom. The second kappa shape index (κ2) is 10.0. The number of nitrogens with one attached hydrogen (secondary N) is 1. The lowest BCUT2D eigenvalue weighted by atomic mass is 9.98. The quantitative estimate of drug-likeness (QED) is 0.648. The lowest BCUT2D eigenvalue weighted by molar-refractivity contribution is -0.120. The summed E-state index contributed by atoms with van der Waals surface area (Å²) < 4.78 is 29.3. The number of benzene rings is 1. The van der Waals surface area contributed by atoms with Crippen molar-refractivity contribution >= 4 is 27.3 Å². The molecule has 1 fully saturated rings. The van der Waals surface area contributed by atoms with Crippen LogP contribution in [0.25, 0.3) is 0 Å². The van der Waals surface area contributed by atoms with Crippen molar-refractivity contribution < 1.29 is 13.2 Å². The number of amides is 1. The van der Waals surface area contributed by atoms with Gasteiger partial charge in [0.25, 0.3) is 10.0 Å². The predicted octanol–water partition coefficient (Wildman–Crippen LogP) is 3.66. The molecule has 0 saturated carbocycles. The largest absolute Gasteiger partial charge is 0.372 e. The van der Waals surface area contributed by atoms with E-state index in [1.54, 1.807) is 10.8 Å². The number of sulfonamides is 1. The second-order valence-electron chi connectivity index (χ2n) is 8.62. The summed E-state index contributed by atoms with van der Waals surface area (Å²) in [7, 11) is -3.73. The van der Waals surface area contributed by atoms with E-state index in [1.165, 1.54) is 10.6 Å². The highest BCUT2D eigenvalue weighted by atomic mass is 32.2. The molecule has 0 radical (unpaired) electrons. The van der Waals surface area contributed by atoms with Gasteiger partial charge in [-0.2, -0.15) is 4.31 Å². The molecule has 1 N–H and O–H groups in total. The predicted molar refractivity (Wildman–Crippen MR) is 127 cm³/mol. The fourth-order valence-corrected chi connectivity index (χ4v) is 5.49. The summed E-state index contributed by atoms with van der Waals surface area (Å²) in [6.07, 6.45) is 4.40. The summed E-state index contributed by atoms with van der Waals surface area (Å²) in [6, 6.07) is 6.14. The first kappa shape index (κ1) is 24.3. The lowest BCUT2D eigenvalue weighted by Gasteiger charge is -2.30. The molecule has 2 aromatic rings. The molecule has 176 valence electrons. The minimum Gasteiger partial charge on any atom is -0.372 e. The third-order valence-electron chi connectivity index (χ3n) is 6.13. The number of anilines is 2. The van der Waals surface area contributed by atoms with Gasteiger partial charge in [-0.15, -0.1) is 0 Å². The molecule has 2 heterocycles. The minimum atomic E-state index is -3.73. The topological polar surface area (TPSA) is 87.5 Å². The molecular formula is C23H35N5O3S. The Labute approximate surface area is 191 Å². The summed E-state index contributed by atoms with van der Waals surface area (Å²) in [5, 5.41) is 3.05. The lowest BCUT2D eigenvalue weighted by Crippen LogP contribution is -2.43. The average Bonchev–Trinajstić information content (AvgIpc) is 3.28. The molecule has 1 aromatic carbocycles. The van der Waals surface area contributed by atoms with Crippen LogP contribution >= 0.6 is 0 Å².